The van der Waals surface area contributed by atoms with Gasteiger partial charge in [-0.25, -0.2) is 0 Å². The molecular formula is C17H38N2. The van der Waals surface area contributed by atoms with Gasteiger partial charge in [-0.1, -0.05) is 40.0 Å². The van der Waals surface area contributed by atoms with E-state index in [9.17, 15) is 0 Å². The van der Waals surface area contributed by atoms with Gasteiger partial charge >= 0.3 is 0 Å². The second kappa shape index (κ2) is 14.3. The lowest BCUT2D eigenvalue weighted by atomic mass is 10.1. The van der Waals surface area contributed by atoms with E-state index in [-0.39, 0.29) is 0 Å². The normalized spacial score (nSPS) is 13.1. The number of hydrogen-bond acceptors (Lipinski definition) is 2. The Morgan fingerprint density at radius 1 is 0.789 bits per heavy atom. The lowest BCUT2D eigenvalue weighted by Gasteiger charge is -2.28. The highest BCUT2D eigenvalue weighted by Gasteiger charge is 2.10. The minimum absolute atomic E-state index is 0.762. The molecule has 0 rings (SSSR count). The van der Waals surface area contributed by atoms with Gasteiger partial charge < -0.3 is 10.2 Å². The predicted octanol–water partition coefficient (Wildman–Crippen LogP) is 4.45. The lowest BCUT2D eigenvalue weighted by molar-refractivity contribution is 0.196. The van der Waals surface area contributed by atoms with Crippen LogP contribution in [0.15, 0.2) is 0 Å². The van der Waals surface area contributed by atoms with Crippen LogP contribution < -0.4 is 5.32 Å². The summed E-state index contributed by atoms with van der Waals surface area (Å²) in [5.74, 6) is 0. The van der Waals surface area contributed by atoms with Gasteiger partial charge in [0.15, 0.2) is 0 Å². The van der Waals surface area contributed by atoms with Crippen LogP contribution in [0.4, 0.5) is 0 Å². The second-order valence-corrected chi connectivity index (χ2v) is 5.81. The van der Waals surface area contributed by atoms with E-state index in [2.05, 4.69) is 37.9 Å². The standard InChI is InChI=1S/C17H38N2/c1-5-8-15-19(17(4)7-3)16-12-10-9-11-14-18-13-6-2/h17-18H,5-16H2,1-4H3. The molecule has 2 heteroatoms. The molecule has 0 heterocycles. The van der Waals surface area contributed by atoms with Gasteiger partial charge in [-0.15, -0.1) is 0 Å². The number of unbranched alkanes of at least 4 members (excludes halogenated alkanes) is 4. The first-order valence-corrected chi connectivity index (χ1v) is 8.70. The maximum absolute atomic E-state index is 3.48. The van der Waals surface area contributed by atoms with Crippen LogP contribution >= 0.6 is 0 Å². The molecule has 19 heavy (non-hydrogen) atoms. The molecule has 0 fully saturated rings. The Hall–Kier alpha value is -0.0800. The van der Waals surface area contributed by atoms with E-state index >= 15 is 0 Å². The Bertz CT molecular complexity index is 171. The molecule has 0 aliphatic rings. The third-order valence-electron chi connectivity index (χ3n) is 3.99. The van der Waals surface area contributed by atoms with E-state index in [0.29, 0.717) is 0 Å². The van der Waals surface area contributed by atoms with Gasteiger partial charge in [0.25, 0.3) is 0 Å². The average molecular weight is 271 g/mol. The molecule has 116 valence electrons. The summed E-state index contributed by atoms with van der Waals surface area (Å²) < 4.78 is 0. The minimum Gasteiger partial charge on any atom is -0.317 e. The van der Waals surface area contributed by atoms with Crippen molar-refractivity contribution in [2.24, 2.45) is 0 Å². The van der Waals surface area contributed by atoms with Crippen molar-refractivity contribution in [2.45, 2.75) is 85.1 Å². The van der Waals surface area contributed by atoms with Crippen molar-refractivity contribution >= 4 is 0 Å². The molecule has 0 saturated heterocycles. The van der Waals surface area contributed by atoms with Gasteiger partial charge in [0.2, 0.25) is 0 Å². The monoisotopic (exact) mass is 270 g/mol. The Balaban J connectivity index is 3.52. The van der Waals surface area contributed by atoms with E-state index in [4.69, 9.17) is 0 Å². The predicted molar refractivity (Wildman–Crippen MR) is 87.9 cm³/mol. The fraction of sp³-hybridized carbons (Fsp3) is 1.00. The van der Waals surface area contributed by atoms with Crippen molar-refractivity contribution in [2.75, 3.05) is 26.2 Å². The van der Waals surface area contributed by atoms with Crippen LogP contribution in [0, 0.1) is 0 Å². The lowest BCUT2D eigenvalue weighted by Crippen LogP contribution is -2.34. The summed E-state index contributed by atoms with van der Waals surface area (Å²) in [6.45, 7) is 14.2. The van der Waals surface area contributed by atoms with Crippen LogP contribution in [0.3, 0.4) is 0 Å². The number of nitrogens with one attached hydrogen (secondary N) is 1. The highest BCUT2D eigenvalue weighted by atomic mass is 15.1. The first kappa shape index (κ1) is 18.9. The van der Waals surface area contributed by atoms with Crippen LogP contribution in [-0.4, -0.2) is 37.1 Å². The zero-order chi connectivity index (χ0) is 14.3. The molecule has 1 N–H and O–H groups in total. The molecular weight excluding hydrogens is 232 g/mol. The van der Waals surface area contributed by atoms with Gasteiger partial charge in [0.1, 0.15) is 0 Å². The van der Waals surface area contributed by atoms with Crippen molar-refractivity contribution in [1.82, 2.24) is 10.2 Å². The summed E-state index contributed by atoms with van der Waals surface area (Å²) in [6.07, 6.45) is 10.7. The van der Waals surface area contributed by atoms with Crippen molar-refractivity contribution in [3.8, 4) is 0 Å². The smallest absolute Gasteiger partial charge is 0.00643 e. The molecule has 0 aromatic rings. The molecule has 0 amide bonds. The number of nitrogens with zero attached hydrogens (tertiary/aromatic N) is 1. The van der Waals surface area contributed by atoms with Crippen LogP contribution in [0.1, 0.15) is 79.1 Å². The molecule has 0 aliphatic carbocycles. The topological polar surface area (TPSA) is 15.3 Å². The third-order valence-corrected chi connectivity index (χ3v) is 3.99. The molecule has 2 nitrogen and oxygen atoms in total. The number of rotatable bonds is 14. The van der Waals surface area contributed by atoms with Crippen molar-refractivity contribution < 1.29 is 0 Å². The van der Waals surface area contributed by atoms with Gasteiger partial charge in [0.05, 0.1) is 0 Å². The summed E-state index contributed by atoms with van der Waals surface area (Å²) in [6, 6.07) is 0.762. The van der Waals surface area contributed by atoms with E-state index < -0.39 is 0 Å². The van der Waals surface area contributed by atoms with E-state index in [1.807, 2.05) is 0 Å². The second-order valence-electron chi connectivity index (χ2n) is 5.81. The molecule has 0 aliphatic heterocycles. The third kappa shape index (κ3) is 11.4. The summed E-state index contributed by atoms with van der Waals surface area (Å²) in [5.41, 5.74) is 0. The zero-order valence-corrected chi connectivity index (χ0v) is 14.0. The molecule has 0 bridgehead atoms. The molecule has 0 radical (unpaired) electrons. The van der Waals surface area contributed by atoms with Gasteiger partial charge in [0, 0.05) is 6.04 Å². The van der Waals surface area contributed by atoms with Crippen LogP contribution in [0.2, 0.25) is 0 Å². The zero-order valence-electron chi connectivity index (χ0n) is 14.0. The fourth-order valence-electron chi connectivity index (χ4n) is 2.39. The Kier molecular flexibility index (Phi) is 14.3. The van der Waals surface area contributed by atoms with E-state index in [1.54, 1.807) is 0 Å². The molecule has 1 atom stereocenters. The SMILES string of the molecule is CCCCN(CCCCCCNCCC)C(C)CC. The first-order valence-electron chi connectivity index (χ1n) is 8.70. The van der Waals surface area contributed by atoms with Crippen LogP contribution in [0.5, 0.6) is 0 Å². The summed E-state index contributed by atoms with van der Waals surface area (Å²) in [5, 5.41) is 3.48. The summed E-state index contributed by atoms with van der Waals surface area (Å²) >= 11 is 0. The molecule has 0 spiro atoms. The summed E-state index contributed by atoms with van der Waals surface area (Å²) in [4.78, 5) is 2.69. The highest BCUT2D eigenvalue weighted by molar-refractivity contribution is 4.66. The minimum atomic E-state index is 0.762. The Labute approximate surface area is 122 Å². The molecule has 0 aromatic heterocycles. The molecule has 1 unspecified atom stereocenters. The fourth-order valence-corrected chi connectivity index (χ4v) is 2.39. The molecule has 0 saturated carbocycles. The average Bonchev–Trinajstić information content (AvgIpc) is 2.44. The Morgan fingerprint density at radius 2 is 1.47 bits per heavy atom. The summed E-state index contributed by atoms with van der Waals surface area (Å²) in [7, 11) is 0. The first-order chi connectivity index (χ1) is 9.26. The van der Waals surface area contributed by atoms with Gasteiger partial charge in [-0.2, -0.15) is 0 Å². The van der Waals surface area contributed by atoms with Crippen molar-refractivity contribution in [1.29, 1.82) is 0 Å². The van der Waals surface area contributed by atoms with E-state index in [1.165, 1.54) is 77.5 Å². The maximum Gasteiger partial charge on any atom is 0.00643 e. The van der Waals surface area contributed by atoms with Crippen LogP contribution in [0.25, 0.3) is 0 Å². The largest absolute Gasteiger partial charge is 0.317 e. The van der Waals surface area contributed by atoms with Crippen molar-refractivity contribution in [3.63, 3.8) is 0 Å². The maximum atomic E-state index is 3.48. The highest BCUT2D eigenvalue weighted by Crippen LogP contribution is 2.09. The number of hydrogen-bond donors (Lipinski definition) is 1. The Morgan fingerprint density at radius 3 is 2.11 bits per heavy atom. The molecule has 0 aromatic carbocycles. The van der Waals surface area contributed by atoms with Crippen LogP contribution in [-0.2, 0) is 0 Å². The quantitative estimate of drug-likeness (QED) is 0.469. The van der Waals surface area contributed by atoms with E-state index in [0.717, 1.165) is 6.04 Å². The van der Waals surface area contributed by atoms with Gasteiger partial charge in [-0.05, 0) is 65.2 Å². The van der Waals surface area contributed by atoms with Crippen molar-refractivity contribution in [3.05, 3.63) is 0 Å². The van der Waals surface area contributed by atoms with Gasteiger partial charge in [-0.3, -0.25) is 0 Å².